The standard InChI is InChI=1S/C10H10Cl2O3/c1-14-9(10(13)15-2)6-3-4-7(11)8(12)5-6/h3-5,9H,1-2H3. The minimum atomic E-state index is -0.773. The largest absolute Gasteiger partial charge is 0.467 e. The van der Waals surface area contributed by atoms with Crippen LogP contribution in [0.2, 0.25) is 10.0 Å². The van der Waals surface area contributed by atoms with Gasteiger partial charge >= 0.3 is 5.97 Å². The van der Waals surface area contributed by atoms with E-state index >= 15 is 0 Å². The van der Waals surface area contributed by atoms with Crippen molar-refractivity contribution in [2.75, 3.05) is 14.2 Å². The number of rotatable bonds is 3. The SMILES string of the molecule is COC(=O)C(OC)c1ccc(Cl)c(Cl)c1. The second-order valence-electron chi connectivity index (χ2n) is 2.81. The predicted octanol–water partition coefficient (Wildman–Crippen LogP) is 2.85. The Balaban J connectivity index is 3.02. The number of hydrogen-bond donors (Lipinski definition) is 0. The first-order valence-electron chi connectivity index (χ1n) is 4.15. The van der Waals surface area contributed by atoms with E-state index in [2.05, 4.69) is 4.74 Å². The third kappa shape index (κ3) is 2.84. The van der Waals surface area contributed by atoms with E-state index in [9.17, 15) is 4.79 Å². The van der Waals surface area contributed by atoms with Crippen molar-refractivity contribution in [3.63, 3.8) is 0 Å². The summed E-state index contributed by atoms with van der Waals surface area (Å²) in [5.41, 5.74) is 0.610. The van der Waals surface area contributed by atoms with Crippen LogP contribution in [0.3, 0.4) is 0 Å². The average molecular weight is 249 g/mol. The fraction of sp³-hybridized carbons (Fsp3) is 0.300. The van der Waals surface area contributed by atoms with E-state index in [0.29, 0.717) is 15.6 Å². The summed E-state index contributed by atoms with van der Waals surface area (Å²) in [5.74, 6) is -0.476. The van der Waals surface area contributed by atoms with Crippen molar-refractivity contribution >= 4 is 29.2 Å². The van der Waals surface area contributed by atoms with Crippen molar-refractivity contribution in [2.45, 2.75) is 6.10 Å². The molecule has 15 heavy (non-hydrogen) atoms. The van der Waals surface area contributed by atoms with Gasteiger partial charge in [-0.2, -0.15) is 0 Å². The third-order valence-corrected chi connectivity index (χ3v) is 2.64. The summed E-state index contributed by atoms with van der Waals surface area (Å²) in [7, 11) is 2.72. The van der Waals surface area contributed by atoms with Crippen LogP contribution in [0.25, 0.3) is 0 Å². The molecule has 1 unspecified atom stereocenters. The number of halogens is 2. The molecule has 82 valence electrons. The summed E-state index contributed by atoms with van der Waals surface area (Å²) in [6, 6.07) is 4.85. The molecular weight excluding hydrogens is 239 g/mol. The van der Waals surface area contributed by atoms with Gasteiger partial charge in [0.2, 0.25) is 0 Å². The van der Waals surface area contributed by atoms with Crippen molar-refractivity contribution < 1.29 is 14.3 Å². The van der Waals surface area contributed by atoms with Gasteiger partial charge in [-0.25, -0.2) is 4.79 Å². The molecule has 1 aromatic rings. The predicted molar refractivity (Wildman–Crippen MR) is 58.2 cm³/mol. The molecule has 1 atom stereocenters. The van der Waals surface area contributed by atoms with Gasteiger partial charge in [-0.1, -0.05) is 29.3 Å². The van der Waals surface area contributed by atoms with Crippen LogP contribution in [0, 0.1) is 0 Å². The highest BCUT2D eigenvalue weighted by molar-refractivity contribution is 6.42. The van der Waals surface area contributed by atoms with Gasteiger partial charge in [0.05, 0.1) is 17.2 Å². The molecule has 1 rings (SSSR count). The highest BCUT2D eigenvalue weighted by Crippen LogP contribution is 2.27. The quantitative estimate of drug-likeness (QED) is 0.772. The number of carbonyl (C=O) groups is 1. The Morgan fingerprint density at radius 2 is 1.93 bits per heavy atom. The van der Waals surface area contributed by atoms with E-state index in [4.69, 9.17) is 27.9 Å². The van der Waals surface area contributed by atoms with Crippen molar-refractivity contribution in [1.82, 2.24) is 0 Å². The Hall–Kier alpha value is -0.770. The molecule has 3 nitrogen and oxygen atoms in total. The van der Waals surface area contributed by atoms with Gasteiger partial charge in [0.15, 0.2) is 6.10 Å². The molecule has 0 amide bonds. The Bertz CT molecular complexity index is 366. The zero-order chi connectivity index (χ0) is 11.4. The summed E-state index contributed by atoms with van der Waals surface area (Å²) in [6.45, 7) is 0. The van der Waals surface area contributed by atoms with Crippen molar-refractivity contribution in [2.24, 2.45) is 0 Å². The van der Waals surface area contributed by atoms with Crippen LogP contribution in [0.5, 0.6) is 0 Å². The molecular formula is C10H10Cl2O3. The normalized spacial score (nSPS) is 12.3. The molecule has 0 saturated heterocycles. The van der Waals surface area contributed by atoms with Crippen LogP contribution in [0.4, 0.5) is 0 Å². The Morgan fingerprint density at radius 3 is 2.40 bits per heavy atom. The topological polar surface area (TPSA) is 35.5 Å². The summed E-state index contributed by atoms with van der Waals surface area (Å²) in [4.78, 5) is 11.3. The molecule has 0 bridgehead atoms. The molecule has 0 aliphatic carbocycles. The fourth-order valence-corrected chi connectivity index (χ4v) is 1.46. The van der Waals surface area contributed by atoms with E-state index in [1.807, 2.05) is 0 Å². The van der Waals surface area contributed by atoms with Crippen LogP contribution < -0.4 is 0 Å². The molecule has 0 aliphatic rings. The zero-order valence-corrected chi connectivity index (χ0v) is 9.80. The Kier molecular flexibility index (Phi) is 4.39. The number of methoxy groups -OCH3 is 2. The average Bonchev–Trinajstić information content (AvgIpc) is 2.24. The van der Waals surface area contributed by atoms with Gasteiger partial charge in [-0.05, 0) is 17.7 Å². The van der Waals surface area contributed by atoms with Crippen molar-refractivity contribution in [3.8, 4) is 0 Å². The smallest absolute Gasteiger partial charge is 0.339 e. The van der Waals surface area contributed by atoms with Crippen LogP contribution in [-0.2, 0) is 14.3 Å². The zero-order valence-electron chi connectivity index (χ0n) is 8.29. The van der Waals surface area contributed by atoms with Crippen molar-refractivity contribution in [3.05, 3.63) is 33.8 Å². The Morgan fingerprint density at radius 1 is 1.27 bits per heavy atom. The van der Waals surface area contributed by atoms with Gasteiger partial charge < -0.3 is 9.47 Å². The van der Waals surface area contributed by atoms with E-state index in [1.165, 1.54) is 14.2 Å². The van der Waals surface area contributed by atoms with Crippen LogP contribution in [-0.4, -0.2) is 20.2 Å². The van der Waals surface area contributed by atoms with E-state index < -0.39 is 12.1 Å². The summed E-state index contributed by atoms with van der Waals surface area (Å²) >= 11 is 11.6. The number of esters is 1. The highest BCUT2D eigenvalue weighted by atomic mass is 35.5. The van der Waals surface area contributed by atoms with E-state index in [1.54, 1.807) is 18.2 Å². The lowest BCUT2D eigenvalue weighted by Crippen LogP contribution is -2.15. The molecule has 0 fully saturated rings. The fourth-order valence-electron chi connectivity index (χ4n) is 1.15. The first-order valence-corrected chi connectivity index (χ1v) is 4.91. The number of hydrogen-bond acceptors (Lipinski definition) is 3. The van der Waals surface area contributed by atoms with Gasteiger partial charge in [0.25, 0.3) is 0 Å². The molecule has 0 heterocycles. The molecule has 0 radical (unpaired) electrons. The first kappa shape index (κ1) is 12.3. The lowest BCUT2D eigenvalue weighted by atomic mass is 10.1. The lowest BCUT2D eigenvalue weighted by Gasteiger charge is -2.13. The van der Waals surface area contributed by atoms with Crippen LogP contribution >= 0.6 is 23.2 Å². The third-order valence-electron chi connectivity index (χ3n) is 1.90. The van der Waals surface area contributed by atoms with Crippen LogP contribution in [0.1, 0.15) is 11.7 Å². The minimum Gasteiger partial charge on any atom is -0.467 e. The maximum absolute atomic E-state index is 11.3. The van der Waals surface area contributed by atoms with E-state index in [-0.39, 0.29) is 0 Å². The minimum absolute atomic E-state index is 0.375. The molecule has 0 spiro atoms. The van der Waals surface area contributed by atoms with Gasteiger partial charge in [-0.3, -0.25) is 0 Å². The van der Waals surface area contributed by atoms with Gasteiger partial charge in [0.1, 0.15) is 0 Å². The monoisotopic (exact) mass is 248 g/mol. The van der Waals surface area contributed by atoms with Gasteiger partial charge in [0, 0.05) is 7.11 Å². The maximum Gasteiger partial charge on any atom is 0.339 e. The Labute approximate surface area is 97.9 Å². The van der Waals surface area contributed by atoms with Crippen LogP contribution in [0.15, 0.2) is 18.2 Å². The number of carbonyl (C=O) groups excluding carboxylic acids is 1. The summed E-state index contributed by atoms with van der Waals surface area (Å²) in [6.07, 6.45) is -0.773. The molecule has 0 aromatic heterocycles. The first-order chi connectivity index (χ1) is 7.10. The summed E-state index contributed by atoms with van der Waals surface area (Å²) < 4.78 is 9.60. The molecule has 0 N–H and O–H groups in total. The maximum atomic E-state index is 11.3. The molecule has 5 heteroatoms. The van der Waals surface area contributed by atoms with Gasteiger partial charge in [-0.15, -0.1) is 0 Å². The highest BCUT2D eigenvalue weighted by Gasteiger charge is 2.21. The second-order valence-corrected chi connectivity index (χ2v) is 3.63. The summed E-state index contributed by atoms with van der Waals surface area (Å²) in [5, 5.41) is 0.806. The number of ether oxygens (including phenoxy) is 2. The van der Waals surface area contributed by atoms with Crippen molar-refractivity contribution in [1.29, 1.82) is 0 Å². The lowest BCUT2D eigenvalue weighted by molar-refractivity contribution is -0.152. The second kappa shape index (κ2) is 5.35. The number of benzene rings is 1. The molecule has 0 saturated carbocycles. The molecule has 1 aromatic carbocycles. The molecule has 0 aliphatic heterocycles. The van der Waals surface area contributed by atoms with E-state index in [0.717, 1.165) is 0 Å².